The fourth-order valence-electron chi connectivity index (χ4n) is 2.21. The Morgan fingerprint density at radius 2 is 2.08 bits per heavy atom. The molecule has 2 heterocycles. The molecule has 0 aliphatic rings. The van der Waals surface area contributed by atoms with Crippen LogP contribution in [0, 0.1) is 12.8 Å². The smallest absolute Gasteiger partial charge is 0.307 e. The van der Waals surface area contributed by atoms with E-state index in [0.29, 0.717) is 28.9 Å². The minimum atomic E-state index is -4.58. The number of aryl methyl sites for hydroxylation is 1. The van der Waals surface area contributed by atoms with Gasteiger partial charge in [-0.05, 0) is 31.1 Å². The first-order valence-corrected chi connectivity index (χ1v) is 8.22. The number of carbonyl (C=O) groups excluding carboxylic acids is 1. The number of alkyl halides is 3. The Labute approximate surface area is 153 Å². The van der Waals surface area contributed by atoms with Crippen LogP contribution in [-0.4, -0.2) is 20.7 Å². The molecule has 0 atom stereocenters. The van der Waals surface area contributed by atoms with Crippen molar-refractivity contribution in [3.05, 3.63) is 46.4 Å². The molecule has 1 amide bonds. The highest BCUT2D eigenvalue weighted by Crippen LogP contribution is 2.28. The van der Waals surface area contributed by atoms with E-state index in [1.165, 1.54) is 24.3 Å². The SMILES string of the molecule is Cc1nn(CC(C)C)c(Cl)c1/C=C/C(=O)Nc1cccc(C(F)(F)F)n1. The first-order valence-electron chi connectivity index (χ1n) is 7.84. The normalized spacial score (nSPS) is 12.2. The maximum Gasteiger partial charge on any atom is 0.433 e. The highest BCUT2D eigenvalue weighted by molar-refractivity contribution is 6.31. The number of nitrogens with zero attached hydrogens (tertiary/aromatic N) is 3. The second-order valence-electron chi connectivity index (χ2n) is 6.09. The maximum atomic E-state index is 12.6. The van der Waals surface area contributed by atoms with Crippen molar-refractivity contribution in [2.75, 3.05) is 5.32 Å². The van der Waals surface area contributed by atoms with Crippen LogP contribution >= 0.6 is 11.6 Å². The fraction of sp³-hybridized carbons (Fsp3) is 0.353. The molecule has 0 aromatic carbocycles. The van der Waals surface area contributed by atoms with Crippen LogP contribution in [0.4, 0.5) is 19.0 Å². The average Bonchev–Trinajstić information content (AvgIpc) is 2.78. The van der Waals surface area contributed by atoms with E-state index in [0.717, 1.165) is 6.07 Å². The van der Waals surface area contributed by atoms with Crippen molar-refractivity contribution < 1.29 is 18.0 Å². The van der Waals surface area contributed by atoms with E-state index in [1.54, 1.807) is 11.6 Å². The maximum absolute atomic E-state index is 12.6. The lowest BCUT2D eigenvalue weighted by molar-refractivity contribution is -0.141. The van der Waals surface area contributed by atoms with E-state index in [-0.39, 0.29) is 5.82 Å². The zero-order valence-electron chi connectivity index (χ0n) is 14.4. The first-order chi connectivity index (χ1) is 12.1. The van der Waals surface area contributed by atoms with Crippen molar-refractivity contribution in [1.82, 2.24) is 14.8 Å². The lowest BCUT2D eigenvalue weighted by Gasteiger charge is -2.07. The van der Waals surface area contributed by atoms with Crippen molar-refractivity contribution in [3.8, 4) is 0 Å². The Balaban J connectivity index is 2.12. The van der Waals surface area contributed by atoms with E-state index in [9.17, 15) is 18.0 Å². The fourth-order valence-corrected chi connectivity index (χ4v) is 2.52. The van der Waals surface area contributed by atoms with Gasteiger partial charge in [-0.2, -0.15) is 18.3 Å². The predicted octanol–water partition coefficient (Wildman–Crippen LogP) is 4.57. The Hall–Kier alpha value is -2.35. The highest BCUT2D eigenvalue weighted by Gasteiger charge is 2.32. The van der Waals surface area contributed by atoms with E-state index in [1.807, 2.05) is 13.8 Å². The lowest BCUT2D eigenvalue weighted by atomic mass is 10.2. The average molecular weight is 387 g/mol. The Morgan fingerprint density at radius 3 is 2.69 bits per heavy atom. The summed E-state index contributed by atoms with van der Waals surface area (Å²) in [5, 5.41) is 7.01. The molecule has 0 aliphatic carbocycles. The van der Waals surface area contributed by atoms with Crippen molar-refractivity contribution >= 4 is 29.4 Å². The number of amides is 1. The van der Waals surface area contributed by atoms with Gasteiger partial charge in [0.05, 0.1) is 5.69 Å². The molecule has 0 saturated carbocycles. The van der Waals surface area contributed by atoms with Crippen molar-refractivity contribution in [1.29, 1.82) is 0 Å². The minimum Gasteiger partial charge on any atom is -0.307 e. The Morgan fingerprint density at radius 1 is 1.38 bits per heavy atom. The Bertz CT molecular complexity index is 828. The van der Waals surface area contributed by atoms with Crippen molar-refractivity contribution in [2.45, 2.75) is 33.5 Å². The molecule has 2 aromatic heterocycles. The summed E-state index contributed by atoms with van der Waals surface area (Å²) in [7, 11) is 0. The van der Waals surface area contributed by atoms with Gasteiger partial charge in [-0.15, -0.1) is 0 Å². The molecule has 0 fully saturated rings. The molecule has 1 N–H and O–H groups in total. The van der Waals surface area contributed by atoms with Gasteiger partial charge in [0.1, 0.15) is 16.7 Å². The molecule has 9 heteroatoms. The van der Waals surface area contributed by atoms with Gasteiger partial charge in [-0.1, -0.05) is 31.5 Å². The lowest BCUT2D eigenvalue weighted by Crippen LogP contribution is -2.13. The van der Waals surface area contributed by atoms with Crippen LogP contribution < -0.4 is 5.32 Å². The van der Waals surface area contributed by atoms with Gasteiger partial charge in [0.2, 0.25) is 5.91 Å². The summed E-state index contributed by atoms with van der Waals surface area (Å²) < 4.78 is 39.6. The number of nitrogens with one attached hydrogen (secondary N) is 1. The summed E-state index contributed by atoms with van der Waals surface area (Å²) in [6.45, 7) is 6.44. The summed E-state index contributed by atoms with van der Waals surface area (Å²) in [6.07, 6.45) is -1.92. The van der Waals surface area contributed by atoms with E-state index < -0.39 is 17.8 Å². The molecule has 0 aliphatic heterocycles. The molecular weight excluding hydrogens is 369 g/mol. The number of anilines is 1. The zero-order chi connectivity index (χ0) is 19.5. The van der Waals surface area contributed by atoms with Crippen LogP contribution in [0.2, 0.25) is 5.15 Å². The predicted molar refractivity (Wildman–Crippen MR) is 93.7 cm³/mol. The van der Waals surface area contributed by atoms with Crippen LogP contribution in [0.1, 0.15) is 30.8 Å². The van der Waals surface area contributed by atoms with Crippen molar-refractivity contribution in [3.63, 3.8) is 0 Å². The molecule has 140 valence electrons. The number of aromatic nitrogens is 3. The van der Waals surface area contributed by atoms with Crippen LogP contribution in [0.5, 0.6) is 0 Å². The first kappa shape index (κ1) is 20.0. The van der Waals surface area contributed by atoms with Gasteiger partial charge in [0, 0.05) is 18.2 Å². The number of carbonyl (C=O) groups is 1. The molecular formula is C17H18ClF3N4O. The number of hydrogen-bond acceptors (Lipinski definition) is 3. The largest absolute Gasteiger partial charge is 0.433 e. The summed E-state index contributed by atoms with van der Waals surface area (Å²) in [4.78, 5) is 15.3. The molecule has 5 nitrogen and oxygen atoms in total. The van der Waals surface area contributed by atoms with Crippen LogP contribution in [0.25, 0.3) is 6.08 Å². The van der Waals surface area contributed by atoms with Crippen LogP contribution in [0.3, 0.4) is 0 Å². The molecule has 2 aromatic rings. The van der Waals surface area contributed by atoms with Gasteiger partial charge in [0.15, 0.2) is 0 Å². The monoisotopic (exact) mass is 386 g/mol. The molecule has 0 unspecified atom stereocenters. The third kappa shape index (κ3) is 5.08. The molecule has 0 saturated heterocycles. The molecule has 0 spiro atoms. The minimum absolute atomic E-state index is 0.187. The van der Waals surface area contributed by atoms with Gasteiger partial charge in [-0.3, -0.25) is 9.48 Å². The molecule has 0 radical (unpaired) electrons. The quantitative estimate of drug-likeness (QED) is 0.766. The molecule has 0 bridgehead atoms. The number of rotatable bonds is 5. The zero-order valence-corrected chi connectivity index (χ0v) is 15.2. The third-order valence-corrected chi connectivity index (χ3v) is 3.74. The van der Waals surface area contributed by atoms with Gasteiger partial charge < -0.3 is 5.32 Å². The molecule has 26 heavy (non-hydrogen) atoms. The Kier molecular flexibility index (Phi) is 6.07. The van der Waals surface area contributed by atoms with E-state index >= 15 is 0 Å². The second kappa shape index (κ2) is 7.90. The van der Waals surface area contributed by atoms with Gasteiger partial charge >= 0.3 is 6.18 Å². The summed E-state index contributed by atoms with van der Waals surface area (Å²) in [6, 6.07) is 3.28. The number of halogens is 4. The second-order valence-corrected chi connectivity index (χ2v) is 6.45. The topological polar surface area (TPSA) is 59.8 Å². The molecule has 2 rings (SSSR count). The van der Waals surface area contributed by atoms with Crippen LogP contribution in [-0.2, 0) is 17.5 Å². The van der Waals surface area contributed by atoms with Gasteiger partial charge in [-0.25, -0.2) is 4.98 Å². The van der Waals surface area contributed by atoms with Crippen molar-refractivity contribution in [2.24, 2.45) is 5.92 Å². The van der Waals surface area contributed by atoms with Crippen LogP contribution in [0.15, 0.2) is 24.3 Å². The summed E-state index contributed by atoms with van der Waals surface area (Å²) in [5.74, 6) is -0.462. The number of hydrogen-bond donors (Lipinski definition) is 1. The van der Waals surface area contributed by atoms with E-state index in [4.69, 9.17) is 11.6 Å². The third-order valence-electron chi connectivity index (χ3n) is 3.34. The standard InChI is InChI=1S/C17H18ClF3N4O/c1-10(2)9-25-16(18)12(11(3)24-25)7-8-15(26)23-14-6-4-5-13(22-14)17(19,20)21/h4-8,10H,9H2,1-3H3,(H,22,23,26)/b8-7+. The van der Waals surface area contributed by atoms with Gasteiger partial charge in [0.25, 0.3) is 0 Å². The summed E-state index contributed by atoms with van der Waals surface area (Å²) in [5.41, 5.74) is 0.157. The highest BCUT2D eigenvalue weighted by atomic mass is 35.5. The van der Waals surface area contributed by atoms with E-state index in [2.05, 4.69) is 15.4 Å². The summed E-state index contributed by atoms with van der Waals surface area (Å²) >= 11 is 6.27. The number of pyridine rings is 1.